The van der Waals surface area contributed by atoms with Gasteiger partial charge in [-0.15, -0.1) is 0 Å². The molecule has 0 heterocycles. The van der Waals surface area contributed by atoms with E-state index < -0.39 is 11.9 Å². The van der Waals surface area contributed by atoms with Gasteiger partial charge in [-0.3, -0.25) is 14.4 Å². The molecular formula is C16H20O6. The highest BCUT2D eigenvalue weighted by Crippen LogP contribution is 2.29. The van der Waals surface area contributed by atoms with Crippen LogP contribution in [0.2, 0.25) is 0 Å². The van der Waals surface area contributed by atoms with Gasteiger partial charge in [-0.2, -0.15) is 0 Å². The summed E-state index contributed by atoms with van der Waals surface area (Å²) in [5.41, 5.74) is 0.605. The average molecular weight is 308 g/mol. The molecule has 1 rings (SSSR count). The molecule has 0 radical (unpaired) electrons. The molecular weight excluding hydrogens is 288 g/mol. The molecule has 0 aliphatic heterocycles. The van der Waals surface area contributed by atoms with E-state index in [0.29, 0.717) is 12.2 Å². The molecule has 0 bridgehead atoms. The van der Waals surface area contributed by atoms with Crippen molar-refractivity contribution in [2.75, 3.05) is 6.61 Å². The lowest BCUT2D eigenvalue weighted by molar-refractivity contribution is -0.143. The molecule has 0 aliphatic rings. The Bertz CT molecular complexity index is 550. The lowest BCUT2D eigenvalue weighted by atomic mass is 10.1. The number of rotatable bonds is 7. The maximum atomic E-state index is 11.7. The fraction of sp³-hybridized carbons (Fsp3) is 0.438. The normalized spacial score (nSPS) is 9.95. The molecule has 0 saturated carbocycles. The van der Waals surface area contributed by atoms with E-state index in [1.165, 1.54) is 26.0 Å². The second-order valence-electron chi connectivity index (χ2n) is 4.72. The maximum absolute atomic E-state index is 11.7. The lowest BCUT2D eigenvalue weighted by Gasteiger charge is -2.10. The standard InChI is InChI=1S/C16H20O6/c1-4-5-8-20-16(19)10-13-6-7-14(21-11(2)17)15(9-13)22-12(3)18/h6-7,9H,4-5,8,10H2,1-3H3. The molecule has 0 spiro atoms. The van der Waals surface area contributed by atoms with Crippen LogP contribution in [0.5, 0.6) is 11.5 Å². The summed E-state index contributed by atoms with van der Waals surface area (Å²) in [6, 6.07) is 4.58. The van der Waals surface area contributed by atoms with E-state index in [1.807, 2.05) is 6.92 Å². The monoisotopic (exact) mass is 308 g/mol. The molecule has 0 unspecified atom stereocenters. The molecule has 0 aromatic heterocycles. The summed E-state index contributed by atoms with van der Waals surface area (Å²) >= 11 is 0. The highest BCUT2D eigenvalue weighted by molar-refractivity contribution is 5.75. The van der Waals surface area contributed by atoms with E-state index in [9.17, 15) is 14.4 Å². The first kappa shape index (κ1) is 17.7. The van der Waals surface area contributed by atoms with E-state index >= 15 is 0 Å². The van der Waals surface area contributed by atoms with E-state index in [2.05, 4.69) is 0 Å². The topological polar surface area (TPSA) is 78.9 Å². The van der Waals surface area contributed by atoms with Crippen LogP contribution in [0.3, 0.4) is 0 Å². The van der Waals surface area contributed by atoms with Gasteiger partial charge in [-0.25, -0.2) is 0 Å². The summed E-state index contributed by atoms with van der Waals surface area (Å²) in [5.74, 6) is -1.20. The highest BCUT2D eigenvalue weighted by atomic mass is 16.6. The average Bonchev–Trinajstić information content (AvgIpc) is 2.41. The van der Waals surface area contributed by atoms with Gasteiger partial charge in [0.05, 0.1) is 13.0 Å². The Balaban J connectivity index is 2.81. The molecule has 0 saturated heterocycles. The number of carbonyl (C=O) groups is 3. The number of ether oxygens (including phenoxy) is 3. The van der Waals surface area contributed by atoms with Crippen LogP contribution in [-0.2, 0) is 25.5 Å². The van der Waals surface area contributed by atoms with Crippen molar-refractivity contribution in [3.8, 4) is 11.5 Å². The smallest absolute Gasteiger partial charge is 0.310 e. The number of benzene rings is 1. The van der Waals surface area contributed by atoms with Gasteiger partial charge in [-0.05, 0) is 24.1 Å². The quantitative estimate of drug-likeness (QED) is 0.437. The largest absolute Gasteiger partial charge is 0.465 e. The van der Waals surface area contributed by atoms with Gasteiger partial charge >= 0.3 is 17.9 Å². The Morgan fingerprint density at radius 1 is 1.00 bits per heavy atom. The zero-order chi connectivity index (χ0) is 16.5. The van der Waals surface area contributed by atoms with Crippen molar-refractivity contribution in [2.24, 2.45) is 0 Å². The van der Waals surface area contributed by atoms with Gasteiger partial charge < -0.3 is 14.2 Å². The van der Waals surface area contributed by atoms with Gasteiger partial charge in [0.25, 0.3) is 0 Å². The molecule has 1 aromatic rings. The summed E-state index contributed by atoms with van der Waals surface area (Å²) in [7, 11) is 0. The predicted octanol–water partition coefficient (Wildman–Crippen LogP) is 2.42. The third kappa shape index (κ3) is 6.39. The van der Waals surface area contributed by atoms with Crippen molar-refractivity contribution in [3.63, 3.8) is 0 Å². The van der Waals surface area contributed by atoms with Gasteiger partial charge in [0.1, 0.15) is 0 Å². The van der Waals surface area contributed by atoms with Crippen LogP contribution in [0.25, 0.3) is 0 Å². The summed E-state index contributed by atoms with van der Waals surface area (Å²) in [6.45, 7) is 4.88. The summed E-state index contributed by atoms with van der Waals surface area (Å²) in [5, 5.41) is 0. The van der Waals surface area contributed by atoms with Crippen LogP contribution >= 0.6 is 0 Å². The highest BCUT2D eigenvalue weighted by Gasteiger charge is 2.13. The number of hydrogen-bond donors (Lipinski definition) is 0. The molecule has 0 aliphatic carbocycles. The third-order valence-electron chi connectivity index (χ3n) is 2.62. The van der Waals surface area contributed by atoms with E-state index in [4.69, 9.17) is 14.2 Å². The molecule has 0 amide bonds. The number of unbranched alkanes of at least 4 members (excludes halogenated alkanes) is 1. The first-order chi connectivity index (χ1) is 10.4. The zero-order valence-electron chi connectivity index (χ0n) is 13.0. The Hall–Kier alpha value is -2.37. The minimum absolute atomic E-state index is 0.0539. The fourth-order valence-corrected chi connectivity index (χ4v) is 1.68. The van der Waals surface area contributed by atoms with Gasteiger partial charge in [0.15, 0.2) is 11.5 Å². The molecule has 6 heteroatoms. The minimum Gasteiger partial charge on any atom is -0.465 e. The Labute approximate surface area is 129 Å². The Morgan fingerprint density at radius 2 is 1.64 bits per heavy atom. The first-order valence-electron chi connectivity index (χ1n) is 7.07. The predicted molar refractivity (Wildman–Crippen MR) is 78.6 cm³/mol. The fourth-order valence-electron chi connectivity index (χ4n) is 1.68. The van der Waals surface area contributed by atoms with Crippen molar-refractivity contribution >= 4 is 17.9 Å². The van der Waals surface area contributed by atoms with Crippen molar-refractivity contribution in [3.05, 3.63) is 23.8 Å². The van der Waals surface area contributed by atoms with Crippen LogP contribution in [-0.4, -0.2) is 24.5 Å². The van der Waals surface area contributed by atoms with Gasteiger partial charge in [0, 0.05) is 13.8 Å². The van der Waals surface area contributed by atoms with Crippen LogP contribution < -0.4 is 9.47 Å². The van der Waals surface area contributed by atoms with Gasteiger partial charge in [-0.1, -0.05) is 19.4 Å². The minimum atomic E-state index is -0.545. The summed E-state index contributed by atoms with van der Waals surface area (Å²) in [6.07, 6.45) is 1.81. The van der Waals surface area contributed by atoms with Crippen molar-refractivity contribution in [1.29, 1.82) is 0 Å². The van der Waals surface area contributed by atoms with Crippen molar-refractivity contribution in [1.82, 2.24) is 0 Å². The number of esters is 3. The Kier molecular flexibility index (Phi) is 7.08. The van der Waals surface area contributed by atoms with Crippen molar-refractivity contribution < 1.29 is 28.6 Å². The van der Waals surface area contributed by atoms with Gasteiger partial charge in [0.2, 0.25) is 0 Å². The van der Waals surface area contributed by atoms with Crippen LogP contribution in [0.1, 0.15) is 39.2 Å². The second-order valence-corrected chi connectivity index (χ2v) is 4.72. The van der Waals surface area contributed by atoms with E-state index in [0.717, 1.165) is 12.8 Å². The summed E-state index contributed by atoms with van der Waals surface area (Å²) < 4.78 is 15.0. The van der Waals surface area contributed by atoms with Crippen molar-refractivity contribution in [2.45, 2.75) is 40.0 Å². The molecule has 0 atom stereocenters. The molecule has 1 aromatic carbocycles. The maximum Gasteiger partial charge on any atom is 0.310 e. The second kappa shape index (κ2) is 8.81. The van der Waals surface area contributed by atoms with Crippen LogP contribution in [0.4, 0.5) is 0 Å². The third-order valence-corrected chi connectivity index (χ3v) is 2.62. The molecule has 0 fully saturated rings. The van der Waals surface area contributed by atoms with Crippen LogP contribution in [0, 0.1) is 0 Å². The Morgan fingerprint density at radius 3 is 2.23 bits per heavy atom. The SMILES string of the molecule is CCCCOC(=O)Cc1ccc(OC(C)=O)c(OC(C)=O)c1. The molecule has 6 nitrogen and oxygen atoms in total. The zero-order valence-corrected chi connectivity index (χ0v) is 13.0. The summed E-state index contributed by atoms with van der Waals surface area (Å²) in [4.78, 5) is 33.8. The molecule has 22 heavy (non-hydrogen) atoms. The molecule has 0 N–H and O–H groups in total. The van der Waals surface area contributed by atoms with E-state index in [1.54, 1.807) is 6.07 Å². The first-order valence-corrected chi connectivity index (χ1v) is 7.07. The van der Waals surface area contributed by atoms with Crippen LogP contribution in [0.15, 0.2) is 18.2 Å². The van der Waals surface area contributed by atoms with E-state index in [-0.39, 0.29) is 23.9 Å². The molecule has 120 valence electrons. The lowest BCUT2D eigenvalue weighted by Crippen LogP contribution is -2.10. The number of carbonyl (C=O) groups excluding carboxylic acids is 3. The number of hydrogen-bond acceptors (Lipinski definition) is 6.